The van der Waals surface area contributed by atoms with Gasteiger partial charge in [0, 0.05) is 36.6 Å². The van der Waals surface area contributed by atoms with Gasteiger partial charge in [0.15, 0.2) is 5.79 Å². The van der Waals surface area contributed by atoms with E-state index >= 15 is 0 Å². The summed E-state index contributed by atoms with van der Waals surface area (Å²) in [6.07, 6.45) is 3.31. The van der Waals surface area contributed by atoms with Crippen LogP contribution in [0.1, 0.15) is 12.8 Å². The van der Waals surface area contributed by atoms with Crippen molar-refractivity contribution in [3.8, 4) is 0 Å². The lowest BCUT2D eigenvalue weighted by atomic mass is 10.0. The van der Waals surface area contributed by atoms with Crippen molar-refractivity contribution < 1.29 is 14.3 Å². The number of carbonyl (C=O) groups excluding carboxylic acids is 1. The number of rotatable bonds is 4. The molecular formula is C17H22N2O3S. The molecule has 2 aliphatic heterocycles. The lowest BCUT2D eigenvalue weighted by Gasteiger charge is -2.37. The molecule has 0 atom stereocenters. The number of para-hydroxylation sites is 1. The van der Waals surface area contributed by atoms with Gasteiger partial charge in [0.05, 0.1) is 18.9 Å². The molecule has 0 aliphatic carbocycles. The number of carbonyl (C=O) groups is 1. The fourth-order valence-electron chi connectivity index (χ4n) is 2.87. The van der Waals surface area contributed by atoms with E-state index in [1.165, 1.54) is 0 Å². The average Bonchev–Trinajstić information content (AvgIpc) is 3.03. The topological polar surface area (TPSA) is 50.8 Å². The van der Waals surface area contributed by atoms with Crippen molar-refractivity contribution in [2.45, 2.75) is 23.5 Å². The predicted molar refractivity (Wildman–Crippen MR) is 91.8 cm³/mol. The zero-order chi connectivity index (χ0) is 16.1. The van der Waals surface area contributed by atoms with Crippen LogP contribution in [0.15, 0.2) is 41.8 Å². The van der Waals surface area contributed by atoms with Gasteiger partial charge in [-0.05, 0) is 12.1 Å². The van der Waals surface area contributed by atoms with Crippen LogP contribution < -0.4 is 5.32 Å². The summed E-state index contributed by atoms with van der Waals surface area (Å²) in [7, 11) is 0. The summed E-state index contributed by atoms with van der Waals surface area (Å²) in [6.45, 7) is 6.33. The molecule has 124 valence electrons. The van der Waals surface area contributed by atoms with Crippen molar-refractivity contribution in [2.75, 3.05) is 37.4 Å². The molecule has 6 heteroatoms. The normalized spacial score (nSPS) is 19.7. The quantitative estimate of drug-likeness (QED) is 0.678. The van der Waals surface area contributed by atoms with Crippen molar-refractivity contribution in [3.05, 3.63) is 36.9 Å². The van der Waals surface area contributed by atoms with Crippen LogP contribution >= 0.6 is 11.8 Å². The average molecular weight is 334 g/mol. The highest BCUT2D eigenvalue weighted by molar-refractivity contribution is 7.99. The van der Waals surface area contributed by atoms with Gasteiger partial charge in [0.2, 0.25) is 0 Å². The summed E-state index contributed by atoms with van der Waals surface area (Å²) in [5, 5.41) is 3.02. The minimum absolute atomic E-state index is 0.0653. The molecule has 1 aromatic carbocycles. The van der Waals surface area contributed by atoms with E-state index in [-0.39, 0.29) is 6.03 Å². The Morgan fingerprint density at radius 3 is 2.70 bits per heavy atom. The smallest absolute Gasteiger partial charge is 0.321 e. The zero-order valence-electron chi connectivity index (χ0n) is 13.1. The Kier molecular flexibility index (Phi) is 5.25. The molecule has 2 amide bonds. The molecule has 2 saturated heterocycles. The van der Waals surface area contributed by atoms with E-state index in [0.717, 1.165) is 29.2 Å². The monoisotopic (exact) mass is 334 g/mol. The summed E-state index contributed by atoms with van der Waals surface area (Å²) >= 11 is 1.66. The third-order valence-electron chi connectivity index (χ3n) is 4.11. The van der Waals surface area contributed by atoms with Crippen molar-refractivity contribution >= 4 is 23.5 Å². The molecule has 0 saturated carbocycles. The molecule has 2 fully saturated rings. The molecule has 1 N–H and O–H groups in total. The maximum Gasteiger partial charge on any atom is 0.321 e. The second kappa shape index (κ2) is 7.38. The molecule has 0 bridgehead atoms. The third kappa shape index (κ3) is 3.88. The zero-order valence-corrected chi connectivity index (χ0v) is 13.9. The largest absolute Gasteiger partial charge is 0.347 e. The van der Waals surface area contributed by atoms with Crippen LogP contribution in [0.2, 0.25) is 0 Å². The van der Waals surface area contributed by atoms with Crippen LogP contribution in [0.5, 0.6) is 0 Å². The third-order valence-corrected chi connectivity index (χ3v) is 5.18. The first-order valence-corrected chi connectivity index (χ1v) is 8.88. The van der Waals surface area contributed by atoms with Crippen LogP contribution in [-0.4, -0.2) is 48.8 Å². The first kappa shape index (κ1) is 16.4. The molecule has 0 unspecified atom stereocenters. The van der Waals surface area contributed by atoms with E-state index in [4.69, 9.17) is 9.47 Å². The minimum atomic E-state index is -0.450. The number of hydrogen-bond acceptors (Lipinski definition) is 4. The standard InChI is InChI=1S/C17H22N2O3S/c1-2-13-23-15-6-4-3-5-14(15)18-16(20)19-9-7-17(8-10-19)21-11-12-22-17/h2-6H,1,7-13H2,(H,18,20). The van der Waals surface area contributed by atoms with Crippen molar-refractivity contribution in [2.24, 2.45) is 0 Å². The number of amides is 2. The number of anilines is 1. The van der Waals surface area contributed by atoms with E-state index < -0.39 is 5.79 Å². The van der Waals surface area contributed by atoms with E-state index in [0.29, 0.717) is 26.3 Å². The van der Waals surface area contributed by atoms with Crippen molar-refractivity contribution in [3.63, 3.8) is 0 Å². The molecule has 1 spiro atoms. The first-order chi connectivity index (χ1) is 11.2. The summed E-state index contributed by atoms with van der Waals surface area (Å²) in [5.74, 6) is 0.363. The van der Waals surface area contributed by atoms with Gasteiger partial charge in [-0.2, -0.15) is 0 Å². The highest BCUT2D eigenvalue weighted by atomic mass is 32.2. The van der Waals surface area contributed by atoms with Gasteiger partial charge >= 0.3 is 6.03 Å². The van der Waals surface area contributed by atoms with E-state index in [9.17, 15) is 4.79 Å². The number of urea groups is 1. The predicted octanol–water partition coefficient (Wildman–Crippen LogP) is 3.34. The maximum absolute atomic E-state index is 12.5. The van der Waals surface area contributed by atoms with E-state index in [2.05, 4.69) is 11.9 Å². The molecule has 1 aromatic rings. The van der Waals surface area contributed by atoms with Gasteiger partial charge in [-0.1, -0.05) is 18.2 Å². The number of nitrogens with one attached hydrogen (secondary N) is 1. The van der Waals surface area contributed by atoms with Crippen LogP contribution in [0.4, 0.5) is 10.5 Å². The Balaban J connectivity index is 1.58. The van der Waals surface area contributed by atoms with Crippen LogP contribution in [0.25, 0.3) is 0 Å². The number of nitrogens with zero attached hydrogens (tertiary/aromatic N) is 1. The molecule has 5 nitrogen and oxygen atoms in total. The highest BCUT2D eigenvalue weighted by Crippen LogP contribution is 2.32. The number of thioether (sulfide) groups is 1. The first-order valence-electron chi connectivity index (χ1n) is 7.89. The number of hydrogen-bond donors (Lipinski definition) is 1. The number of piperidine rings is 1. The Labute approximate surface area is 141 Å². The molecule has 2 heterocycles. The van der Waals surface area contributed by atoms with Gasteiger partial charge in [0.25, 0.3) is 0 Å². The van der Waals surface area contributed by atoms with Crippen LogP contribution in [-0.2, 0) is 9.47 Å². The molecule has 23 heavy (non-hydrogen) atoms. The number of likely N-dealkylation sites (tertiary alicyclic amines) is 1. The summed E-state index contributed by atoms with van der Waals surface area (Å²) in [5.41, 5.74) is 0.845. The van der Waals surface area contributed by atoms with Crippen molar-refractivity contribution in [1.82, 2.24) is 4.90 Å². The van der Waals surface area contributed by atoms with Crippen LogP contribution in [0, 0.1) is 0 Å². The second-order valence-electron chi connectivity index (χ2n) is 5.62. The molecule has 0 radical (unpaired) electrons. The second-order valence-corrected chi connectivity index (χ2v) is 6.68. The SMILES string of the molecule is C=CCSc1ccccc1NC(=O)N1CCC2(CC1)OCCO2. The maximum atomic E-state index is 12.5. The van der Waals surface area contributed by atoms with Gasteiger partial charge in [-0.15, -0.1) is 18.3 Å². The lowest BCUT2D eigenvalue weighted by Crippen LogP contribution is -2.48. The summed E-state index contributed by atoms with van der Waals surface area (Å²) < 4.78 is 11.4. The summed E-state index contributed by atoms with van der Waals surface area (Å²) in [6, 6.07) is 7.77. The lowest BCUT2D eigenvalue weighted by molar-refractivity contribution is -0.181. The fourth-order valence-corrected chi connectivity index (χ4v) is 3.62. The van der Waals surface area contributed by atoms with E-state index in [1.54, 1.807) is 11.8 Å². The van der Waals surface area contributed by atoms with Crippen LogP contribution in [0.3, 0.4) is 0 Å². The molecule has 2 aliphatic rings. The molecule has 3 rings (SSSR count). The molecule has 0 aromatic heterocycles. The van der Waals surface area contributed by atoms with E-state index in [1.807, 2.05) is 35.2 Å². The van der Waals surface area contributed by atoms with Gasteiger partial charge < -0.3 is 19.7 Å². The summed E-state index contributed by atoms with van der Waals surface area (Å²) in [4.78, 5) is 15.4. The van der Waals surface area contributed by atoms with Gasteiger partial charge in [-0.3, -0.25) is 0 Å². The number of benzene rings is 1. The van der Waals surface area contributed by atoms with Gasteiger partial charge in [0.1, 0.15) is 0 Å². The fraction of sp³-hybridized carbons (Fsp3) is 0.471. The Morgan fingerprint density at radius 1 is 1.30 bits per heavy atom. The minimum Gasteiger partial charge on any atom is -0.347 e. The Bertz CT molecular complexity index is 563. The Hall–Kier alpha value is -1.50. The van der Waals surface area contributed by atoms with Gasteiger partial charge in [-0.25, -0.2) is 4.79 Å². The number of ether oxygens (including phenoxy) is 2. The Morgan fingerprint density at radius 2 is 2.00 bits per heavy atom. The highest BCUT2D eigenvalue weighted by Gasteiger charge is 2.40. The van der Waals surface area contributed by atoms with Crippen molar-refractivity contribution in [1.29, 1.82) is 0 Å². The molecular weight excluding hydrogens is 312 g/mol.